The fraction of sp³-hybridized carbons (Fsp3) is 0.833. The summed E-state index contributed by atoms with van der Waals surface area (Å²) >= 11 is 0. The zero-order chi connectivity index (χ0) is 27.8. The first-order chi connectivity index (χ1) is 18.8. The lowest BCUT2D eigenvalue weighted by molar-refractivity contribution is -0.124. The van der Waals surface area contributed by atoms with Crippen molar-refractivity contribution < 1.29 is 9.59 Å². The summed E-state index contributed by atoms with van der Waals surface area (Å²) in [6.07, 6.45) is 43.6. The highest BCUT2D eigenvalue weighted by Crippen LogP contribution is 2.15. The first-order valence-electron chi connectivity index (χ1n) is 17.1. The second-order valence-corrected chi connectivity index (χ2v) is 11.6. The van der Waals surface area contributed by atoms with Crippen molar-refractivity contribution in [3.63, 3.8) is 0 Å². The third-order valence-electron chi connectivity index (χ3n) is 7.81. The molecule has 0 N–H and O–H groups in total. The SMILES string of the molecule is CCCCCCCCC=CCCCCCCC(C=O)C(=O)C=CCCCCCCCCCCCCCCC. The van der Waals surface area contributed by atoms with Crippen LogP contribution >= 0.6 is 0 Å². The van der Waals surface area contributed by atoms with E-state index >= 15 is 0 Å². The second-order valence-electron chi connectivity index (χ2n) is 11.6. The summed E-state index contributed by atoms with van der Waals surface area (Å²) in [7, 11) is 0. The number of hydrogen-bond acceptors (Lipinski definition) is 2. The molecule has 1 atom stereocenters. The smallest absolute Gasteiger partial charge is 0.165 e. The van der Waals surface area contributed by atoms with Crippen molar-refractivity contribution in [3.05, 3.63) is 24.3 Å². The van der Waals surface area contributed by atoms with Crippen molar-refractivity contribution in [2.45, 2.75) is 187 Å². The standard InChI is InChI=1S/C36H66O2/c1-3-5-7-9-11-13-15-17-19-21-23-25-27-29-31-33-36(38)35(34-37)32-30-28-26-24-22-20-18-16-14-12-10-8-6-4-2/h18,20,31,33-35H,3-17,19,21-30,32H2,1-2H3. The molecule has 2 nitrogen and oxygen atoms in total. The summed E-state index contributed by atoms with van der Waals surface area (Å²) < 4.78 is 0. The Labute approximate surface area is 238 Å². The highest BCUT2D eigenvalue weighted by molar-refractivity contribution is 6.00. The monoisotopic (exact) mass is 531 g/mol. The first-order valence-corrected chi connectivity index (χ1v) is 17.1. The number of ketones is 1. The lowest BCUT2D eigenvalue weighted by atomic mass is 9.97. The number of carbonyl (C=O) groups excluding carboxylic acids is 2. The maximum absolute atomic E-state index is 12.3. The Kier molecular flexibility index (Phi) is 31.0. The van der Waals surface area contributed by atoms with Gasteiger partial charge in [0.1, 0.15) is 6.29 Å². The predicted molar refractivity (Wildman–Crippen MR) is 169 cm³/mol. The van der Waals surface area contributed by atoms with E-state index in [0.29, 0.717) is 6.42 Å². The van der Waals surface area contributed by atoms with Gasteiger partial charge in [-0.05, 0) is 51.0 Å². The van der Waals surface area contributed by atoms with Gasteiger partial charge in [0.2, 0.25) is 0 Å². The van der Waals surface area contributed by atoms with Crippen LogP contribution in [0.4, 0.5) is 0 Å². The number of allylic oxidation sites excluding steroid dienone is 4. The topological polar surface area (TPSA) is 34.1 Å². The van der Waals surface area contributed by atoms with E-state index < -0.39 is 5.92 Å². The zero-order valence-corrected chi connectivity index (χ0v) is 25.9. The molecule has 0 saturated carbocycles. The summed E-state index contributed by atoms with van der Waals surface area (Å²) in [5.41, 5.74) is 0. The van der Waals surface area contributed by atoms with E-state index in [-0.39, 0.29) is 5.78 Å². The summed E-state index contributed by atoms with van der Waals surface area (Å²) in [6.45, 7) is 4.54. The molecule has 0 aromatic carbocycles. The molecular formula is C36H66O2. The molecule has 0 spiro atoms. The van der Waals surface area contributed by atoms with Crippen LogP contribution in [0.5, 0.6) is 0 Å². The molecular weight excluding hydrogens is 464 g/mol. The molecule has 0 fully saturated rings. The third-order valence-corrected chi connectivity index (χ3v) is 7.81. The van der Waals surface area contributed by atoms with Gasteiger partial charge in [-0.1, -0.05) is 160 Å². The normalized spacial score (nSPS) is 12.6. The molecule has 0 saturated heterocycles. The Balaban J connectivity index is 3.54. The van der Waals surface area contributed by atoms with Crippen molar-refractivity contribution in [3.8, 4) is 0 Å². The number of carbonyl (C=O) groups is 2. The number of unbranched alkanes of at least 4 members (excludes halogenated alkanes) is 23. The van der Waals surface area contributed by atoms with Crippen LogP contribution in [0.1, 0.15) is 187 Å². The molecule has 2 heteroatoms. The van der Waals surface area contributed by atoms with Crippen molar-refractivity contribution in [1.82, 2.24) is 0 Å². The Bertz CT molecular complexity index is 548. The highest BCUT2D eigenvalue weighted by atomic mass is 16.1. The van der Waals surface area contributed by atoms with E-state index in [1.807, 2.05) is 6.08 Å². The minimum atomic E-state index is -0.435. The lowest BCUT2D eigenvalue weighted by Crippen LogP contribution is -2.13. The van der Waals surface area contributed by atoms with E-state index in [1.54, 1.807) is 6.08 Å². The molecule has 0 aromatic heterocycles. The lowest BCUT2D eigenvalue weighted by Gasteiger charge is -2.06. The van der Waals surface area contributed by atoms with Gasteiger partial charge in [-0.25, -0.2) is 0 Å². The van der Waals surface area contributed by atoms with Crippen molar-refractivity contribution >= 4 is 12.1 Å². The van der Waals surface area contributed by atoms with E-state index in [0.717, 1.165) is 38.4 Å². The molecule has 0 radical (unpaired) electrons. The molecule has 38 heavy (non-hydrogen) atoms. The van der Waals surface area contributed by atoms with Crippen molar-refractivity contribution in [2.75, 3.05) is 0 Å². The minimum Gasteiger partial charge on any atom is -0.303 e. The van der Waals surface area contributed by atoms with E-state index in [2.05, 4.69) is 26.0 Å². The van der Waals surface area contributed by atoms with E-state index in [9.17, 15) is 9.59 Å². The predicted octanol–water partition coefficient (Wildman–Crippen LogP) is 12.1. The number of hydrogen-bond donors (Lipinski definition) is 0. The van der Waals surface area contributed by atoms with Crippen LogP contribution < -0.4 is 0 Å². The van der Waals surface area contributed by atoms with Crippen LogP contribution in [0.2, 0.25) is 0 Å². The average Bonchev–Trinajstić information content (AvgIpc) is 2.93. The minimum absolute atomic E-state index is 0.00678. The largest absolute Gasteiger partial charge is 0.303 e. The molecule has 0 aromatic rings. The zero-order valence-electron chi connectivity index (χ0n) is 25.9. The number of aldehydes is 1. The summed E-state index contributed by atoms with van der Waals surface area (Å²) in [5, 5.41) is 0. The quantitative estimate of drug-likeness (QED) is 0.0293. The van der Waals surface area contributed by atoms with Crippen LogP contribution in [0.3, 0.4) is 0 Å². The van der Waals surface area contributed by atoms with Gasteiger partial charge >= 0.3 is 0 Å². The van der Waals surface area contributed by atoms with Crippen LogP contribution in [0.15, 0.2) is 24.3 Å². The van der Waals surface area contributed by atoms with Crippen LogP contribution in [0, 0.1) is 5.92 Å². The molecule has 0 aliphatic heterocycles. The Morgan fingerprint density at radius 3 is 1.21 bits per heavy atom. The maximum atomic E-state index is 12.3. The first kappa shape index (κ1) is 36.8. The third kappa shape index (κ3) is 27.8. The molecule has 0 bridgehead atoms. The van der Waals surface area contributed by atoms with Gasteiger partial charge in [-0.2, -0.15) is 0 Å². The Morgan fingerprint density at radius 2 is 0.816 bits per heavy atom. The number of rotatable bonds is 31. The van der Waals surface area contributed by atoms with Gasteiger partial charge in [-0.3, -0.25) is 4.79 Å². The average molecular weight is 531 g/mol. The fourth-order valence-corrected chi connectivity index (χ4v) is 5.14. The van der Waals surface area contributed by atoms with Gasteiger partial charge in [0, 0.05) is 0 Å². The van der Waals surface area contributed by atoms with Crippen LogP contribution in [-0.2, 0) is 9.59 Å². The van der Waals surface area contributed by atoms with Crippen LogP contribution in [-0.4, -0.2) is 12.1 Å². The summed E-state index contributed by atoms with van der Waals surface area (Å²) in [5.74, 6) is -0.428. The molecule has 0 aliphatic carbocycles. The van der Waals surface area contributed by atoms with Crippen LogP contribution in [0.25, 0.3) is 0 Å². The van der Waals surface area contributed by atoms with Gasteiger partial charge in [0.05, 0.1) is 5.92 Å². The molecule has 1 unspecified atom stereocenters. The summed E-state index contributed by atoms with van der Waals surface area (Å²) in [6, 6.07) is 0. The Morgan fingerprint density at radius 1 is 0.474 bits per heavy atom. The van der Waals surface area contributed by atoms with Gasteiger partial charge in [0.25, 0.3) is 0 Å². The summed E-state index contributed by atoms with van der Waals surface area (Å²) in [4.78, 5) is 23.8. The highest BCUT2D eigenvalue weighted by Gasteiger charge is 2.14. The van der Waals surface area contributed by atoms with Crippen molar-refractivity contribution in [1.29, 1.82) is 0 Å². The molecule has 0 heterocycles. The van der Waals surface area contributed by atoms with Gasteiger partial charge < -0.3 is 4.79 Å². The maximum Gasteiger partial charge on any atom is 0.165 e. The van der Waals surface area contributed by atoms with E-state index in [4.69, 9.17) is 0 Å². The molecule has 222 valence electrons. The van der Waals surface area contributed by atoms with Gasteiger partial charge in [-0.15, -0.1) is 0 Å². The van der Waals surface area contributed by atoms with E-state index in [1.165, 1.54) is 135 Å². The van der Waals surface area contributed by atoms with Gasteiger partial charge in [0.15, 0.2) is 5.78 Å². The molecule has 0 rings (SSSR count). The van der Waals surface area contributed by atoms with Crippen molar-refractivity contribution in [2.24, 2.45) is 5.92 Å². The molecule has 0 amide bonds. The fourth-order valence-electron chi connectivity index (χ4n) is 5.14. The second kappa shape index (κ2) is 32.0. The Hall–Kier alpha value is -1.18. The molecule has 0 aliphatic rings.